The first-order valence-electron chi connectivity index (χ1n) is 7.41. The first-order valence-corrected chi connectivity index (χ1v) is 9.30. The Labute approximate surface area is 150 Å². The van der Waals surface area contributed by atoms with Gasteiger partial charge in [0.1, 0.15) is 28.0 Å². The predicted octanol–water partition coefficient (Wildman–Crippen LogP) is 4.30. The molecule has 0 spiro atoms. The van der Waals surface area contributed by atoms with Gasteiger partial charge in [-0.3, -0.25) is 0 Å². The summed E-state index contributed by atoms with van der Waals surface area (Å²) >= 11 is 0. The Morgan fingerprint density at radius 2 is 1.59 bits per heavy atom. The van der Waals surface area contributed by atoms with E-state index in [1.807, 2.05) is 0 Å². The summed E-state index contributed by atoms with van der Waals surface area (Å²) in [5.41, 5.74) is -0.970. The zero-order chi connectivity index (χ0) is 19.9. The third kappa shape index (κ3) is 3.85. The number of benzene rings is 2. The standard InChI is InChI=1S/C17H11F5N2O2S/c1-27(25,26)16-3-2-9(4-13(16)20)15-8-14(17(21)22)23-24(15)12-6-10(18)5-11(19)7-12/h2-8,17H,1H3. The van der Waals surface area contributed by atoms with E-state index in [-0.39, 0.29) is 16.9 Å². The van der Waals surface area contributed by atoms with E-state index in [1.54, 1.807) is 0 Å². The highest BCUT2D eigenvalue weighted by Crippen LogP contribution is 2.30. The molecule has 3 aromatic rings. The molecule has 4 nitrogen and oxygen atoms in total. The van der Waals surface area contributed by atoms with Crippen LogP contribution in [-0.4, -0.2) is 24.5 Å². The summed E-state index contributed by atoms with van der Waals surface area (Å²) in [6, 6.07) is 6.27. The molecular formula is C17H11F5N2O2S. The lowest BCUT2D eigenvalue weighted by atomic mass is 10.1. The number of sulfone groups is 1. The van der Waals surface area contributed by atoms with E-state index >= 15 is 0 Å². The molecule has 0 aliphatic heterocycles. The maximum Gasteiger partial charge on any atom is 0.282 e. The van der Waals surface area contributed by atoms with Crippen LogP contribution in [0.1, 0.15) is 12.1 Å². The van der Waals surface area contributed by atoms with Crippen LogP contribution in [0.4, 0.5) is 22.0 Å². The highest BCUT2D eigenvalue weighted by molar-refractivity contribution is 7.90. The molecule has 27 heavy (non-hydrogen) atoms. The molecule has 0 aliphatic rings. The second-order valence-electron chi connectivity index (χ2n) is 5.71. The molecule has 0 aliphatic carbocycles. The van der Waals surface area contributed by atoms with Crippen LogP contribution >= 0.6 is 0 Å². The van der Waals surface area contributed by atoms with Gasteiger partial charge in [-0.05, 0) is 30.3 Å². The van der Waals surface area contributed by atoms with Gasteiger partial charge in [-0.25, -0.2) is 35.1 Å². The Morgan fingerprint density at radius 1 is 0.963 bits per heavy atom. The highest BCUT2D eigenvalue weighted by atomic mass is 32.2. The third-order valence-corrected chi connectivity index (χ3v) is 4.80. The van der Waals surface area contributed by atoms with Crippen molar-refractivity contribution in [2.45, 2.75) is 11.3 Å². The van der Waals surface area contributed by atoms with Crippen molar-refractivity contribution in [3.05, 3.63) is 65.6 Å². The SMILES string of the molecule is CS(=O)(=O)c1ccc(-c2cc(C(F)F)nn2-c2cc(F)cc(F)c2)cc1F. The number of rotatable bonds is 4. The first kappa shape index (κ1) is 19.0. The predicted molar refractivity (Wildman–Crippen MR) is 86.9 cm³/mol. The second kappa shape index (κ2) is 6.76. The molecule has 0 atom stereocenters. The van der Waals surface area contributed by atoms with Gasteiger partial charge in [-0.2, -0.15) is 5.10 Å². The van der Waals surface area contributed by atoms with Crippen molar-refractivity contribution in [2.75, 3.05) is 6.26 Å². The molecule has 142 valence electrons. The minimum Gasteiger partial charge on any atom is -0.232 e. The lowest BCUT2D eigenvalue weighted by Gasteiger charge is -2.09. The number of nitrogens with zero attached hydrogens (tertiary/aromatic N) is 2. The van der Waals surface area contributed by atoms with Gasteiger partial charge in [0, 0.05) is 17.9 Å². The minimum absolute atomic E-state index is 0.00368. The van der Waals surface area contributed by atoms with Gasteiger partial charge in [0.25, 0.3) is 6.43 Å². The lowest BCUT2D eigenvalue weighted by Crippen LogP contribution is -2.03. The maximum absolute atomic E-state index is 14.2. The van der Waals surface area contributed by atoms with Crippen LogP contribution in [0, 0.1) is 17.5 Å². The van der Waals surface area contributed by atoms with Crippen LogP contribution in [0.3, 0.4) is 0 Å². The molecule has 1 heterocycles. The Bertz CT molecular complexity index is 1110. The van der Waals surface area contributed by atoms with Crippen molar-refractivity contribution in [3.63, 3.8) is 0 Å². The Morgan fingerprint density at radius 3 is 2.11 bits per heavy atom. The Balaban J connectivity index is 2.22. The molecule has 0 bridgehead atoms. The second-order valence-corrected chi connectivity index (χ2v) is 7.70. The summed E-state index contributed by atoms with van der Waals surface area (Å²) < 4.78 is 91.2. The molecule has 0 saturated carbocycles. The fraction of sp³-hybridized carbons (Fsp3) is 0.118. The summed E-state index contributed by atoms with van der Waals surface area (Å²) in [5, 5.41) is 3.63. The van der Waals surface area contributed by atoms with Crippen molar-refractivity contribution in [2.24, 2.45) is 0 Å². The van der Waals surface area contributed by atoms with Crippen LogP contribution in [0.25, 0.3) is 16.9 Å². The van der Waals surface area contributed by atoms with E-state index in [0.717, 1.165) is 41.3 Å². The van der Waals surface area contributed by atoms with Crippen LogP contribution in [0.5, 0.6) is 0 Å². The molecule has 0 fully saturated rings. The monoisotopic (exact) mass is 402 g/mol. The maximum atomic E-state index is 14.2. The smallest absolute Gasteiger partial charge is 0.232 e. The van der Waals surface area contributed by atoms with Crippen molar-refractivity contribution in [1.29, 1.82) is 0 Å². The lowest BCUT2D eigenvalue weighted by molar-refractivity contribution is 0.145. The molecule has 0 radical (unpaired) electrons. The van der Waals surface area contributed by atoms with Crippen molar-refractivity contribution in [1.82, 2.24) is 9.78 Å². The van der Waals surface area contributed by atoms with Crippen molar-refractivity contribution < 1.29 is 30.4 Å². The average Bonchev–Trinajstić information content (AvgIpc) is 2.98. The van der Waals surface area contributed by atoms with E-state index in [9.17, 15) is 30.4 Å². The number of hydrogen-bond acceptors (Lipinski definition) is 3. The summed E-state index contributed by atoms with van der Waals surface area (Å²) in [7, 11) is -3.83. The first-order chi connectivity index (χ1) is 12.6. The van der Waals surface area contributed by atoms with Gasteiger partial charge in [0.05, 0.1) is 11.4 Å². The largest absolute Gasteiger partial charge is 0.282 e. The van der Waals surface area contributed by atoms with Crippen LogP contribution in [0.15, 0.2) is 47.4 Å². The van der Waals surface area contributed by atoms with Crippen molar-refractivity contribution in [3.8, 4) is 16.9 Å². The summed E-state index contributed by atoms with van der Waals surface area (Å²) in [6.07, 6.45) is -2.16. The van der Waals surface area contributed by atoms with Gasteiger partial charge < -0.3 is 0 Å². The average molecular weight is 402 g/mol. The number of alkyl halides is 2. The van der Waals surface area contributed by atoms with Gasteiger partial charge in [-0.1, -0.05) is 6.07 Å². The fourth-order valence-electron chi connectivity index (χ4n) is 2.53. The van der Waals surface area contributed by atoms with E-state index in [4.69, 9.17) is 0 Å². The van der Waals surface area contributed by atoms with Gasteiger partial charge in [-0.15, -0.1) is 0 Å². The Kier molecular flexibility index (Phi) is 4.77. The number of hydrogen-bond donors (Lipinski definition) is 0. The topological polar surface area (TPSA) is 52.0 Å². The van der Waals surface area contributed by atoms with Gasteiger partial charge in [0.2, 0.25) is 0 Å². The quantitative estimate of drug-likeness (QED) is 0.612. The molecule has 2 aromatic carbocycles. The highest BCUT2D eigenvalue weighted by Gasteiger charge is 2.21. The minimum atomic E-state index is -3.83. The fourth-order valence-corrected chi connectivity index (χ4v) is 3.26. The normalized spacial score (nSPS) is 12.0. The summed E-state index contributed by atoms with van der Waals surface area (Å²) in [5.74, 6) is -3.00. The summed E-state index contributed by atoms with van der Waals surface area (Å²) in [6.45, 7) is 0. The zero-order valence-electron chi connectivity index (χ0n) is 13.6. The molecule has 3 rings (SSSR count). The molecule has 0 N–H and O–H groups in total. The van der Waals surface area contributed by atoms with Crippen LogP contribution in [0.2, 0.25) is 0 Å². The molecular weight excluding hydrogens is 391 g/mol. The van der Waals surface area contributed by atoms with E-state index < -0.39 is 44.3 Å². The zero-order valence-corrected chi connectivity index (χ0v) is 14.4. The summed E-state index contributed by atoms with van der Waals surface area (Å²) in [4.78, 5) is -0.566. The molecule has 0 amide bonds. The van der Waals surface area contributed by atoms with Crippen LogP contribution in [-0.2, 0) is 9.84 Å². The molecule has 0 unspecified atom stereocenters. The number of halogens is 5. The number of aromatic nitrogens is 2. The van der Waals surface area contributed by atoms with E-state index in [0.29, 0.717) is 6.07 Å². The van der Waals surface area contributed by atoms with E-state index in [2.05, 4.69) is 5.10 Å². The van der Waals surface area contributed by atoms with Gasteiger partial charge in [0.15, 0.2) is 9.84 Å². The third-order valence-electron chi connectivity index (χ3n) is 3.67. The van der Waals surface area contributed by atoms with Crippen molar-refractivity contribution >= 4 is 9.84 Å². The molecule has 0 saturated heterocycles. The molecule has 10 heteroatoms. The molecule has 1 aromatic heterocycles. The Hall–Kier alpha value is -2.75. The van der Waals surface area contributed by atoms with Crippen LogP contribution < -0.4 is 0 Å². The van der Waals surface area contributed by atoms with Gasteiger partial charge >= 0.3 is 0 Å². The van der Waals surface area contributed by atoms with E-state index in [1.165, 1.54) is 6.07 Å².